The number of imide groups is 1. The maximum Gasteiger partial charge on any atom is 0.327 e. The first-order valence-corrected chi connectivity index (χ1v) is 11.7. The molecule has 0 N–H and O–H groups in total. The molecule has 0 bridgehead atoms. The van der Waals surface area contributed by atoms with Crippen molar-refractivity contribution in [1.29, 1.82) is 5.26 Å². The molecule has 33 heavy (non-hydrogen) atoms. The molecule has 2 aromatic rings. The smallest absolute Gasteiger partial charge is 0.327 e. The monoisotopic (exact) mass is 451 g/mol. The van der Waals surface area contributed by atoms with Crippen LogP contribution in [0.4, 0.5) is 4.79 Å². The second-order valence-electron chi connectivity index (χ2n) is 10.5. The normalized spacial score (nSPS) is 19.2. The Kier molecular flexibility index (Phi) is 5.91. The van der Waals surface area contributed by atoms with E-state index in [1.54, 1.807) is 18.1 Å². The first-order chi connectivity index (χ1) is 15.6. The molecular formula is C24H33N7O2. The standard InChI is InChI=1S/C24H33N7O2/c1-6-9-29-10-7-24(8-11-29)21(32)30(22(33)28(24)5)15-18-12-17-14-26-19(13-25)27-20(17)31(18)16-23(2,3)4/h12,14H,6-11,15-16H2,1-5H3. The Hall–Kier alpha value is -2.99. The maximum absolute atomic E-state index is 13.6. The number of likely N-dealkylation sites (N-methyl/N-ethyl adjacent to an activating group) is 1. The van der Waals surface area contributed by atoms with Crippen molar-refractivity contribution >= 4 is 23.0 Å². The minimum Gasteiger partial charge on any atom is -0.327 e. The van der Waals surface area contributed by atoms with Gasteiger partial charge in [-0.25, -0.2) is 14.8 Å². The number of piperidine rings is 1. The lowest BCUT2D eigenvalue weighted by atomic mass is 9.86. The van der Waals surface area contributed by atoms with Gasteiger partial charge in [0.25, 0.3) is 5.91 Å². The predicted molar refractivity (Wildman–Crippen MR) is 124 cm³/mol. The summed E-state index contributed by atoms with van der Waals surface area (Å²) >= 11 is 0. The third-order valence-electron chi connectivity index (χ3n) is 6.80. The van der Waals surface area contributed by atoms with Crippen LogP contribution in [0, 0.1) is 16.7 Å². The molecule has 1 spiro atoms. The second-order valence-corrected chi connectivity index (χ2v) is 10.5. The summed E-state index contributed by atoms with van der Waals surface area (Å²) in [5.41, 5.74) is 0.652. The van der Waals surface area contributed by atoms with Crippen LogP contribution in [0.5, 0.6) is 0 Å². The molecule has 176 valence electrons. The first-order valence-electron chi connectivity index (χ1n) is 11.7. The van der Waals surface area contributed by atoms with Crippen molar-refractivity contribution in [3.8, 4) is 6.07 Å². The third kappa shape index (κ3) is 4.08. The van der Waals surface area contributed by atoms with Gasteiger partial charge in [0.15, 0.2) is 0 Å². The van der Waals surface area contributed by atoms with Crippen LogP contribution in [-0.2, 0) is 17.9 Å². The van der Waals surface area contributed by atoms with Crippen LogP contribution in [0.2, 0.25) is 0 Å². The summed E-state index contributed by atoms with van der Waals surface area (Å²) in [5, 5.41) is 10.1. The highest BCUT2D eigenvalue weighted by molar-refractivity contribution is 6.07. The predicted octanol–water partition coefficient (Wildman–Crippen LogP) is 2.99. The van der Waals surface area contributed by atoms with E-state index in [0.29, 0.717) is 25.0 Å². The van der Waals surface area contributed by atoms with Gasteiger partial charge < -0.3 is 14.4 Å². The van der Waals surface area contributed by atoms with E-state index in [0.717, 1.165) is 37.1 Å². The van der Waals surface area contributed by atoms with E-state index in [2.05, 4.69) is 42.6 Å². The number of urea groups is 1. The summed E-state index contributed by atoms with van der Waals surface area (Å²) in [7, 11) is 1.76. The molecule has 4 heterocycles. The van der Waals surface area contributed by atoms with Crippen LogP contribution in [0.15, 0.2) is 12.3 Å². The number of likely N-dealkylation sites (tertiary alicyclic amines) is 1. The fourth-order valence-electron chi connectivity index (χ4n) is 5.09. The minimum atomic E-state index is -0.754. The molecule has 2 aromatic heterocycles. The van der Waals surface area contributed by atoms with Crippen molar-refractivity contribution in [1.82, 2.24) is 29.2 Å². The van der Waals surface area contributed by atoms with Gasteiger partial charge in [-0.1, -0.05) is 27.7 Å². The number of amides is 3. The van der Waals surface area contributed by atoms with Crippen LogP contribution in [0.3, 0.4) is 0 Å². The lowest BCUT2D eigenvalue weighted by Crippen LogP contribution is -2.55. The second kappa shape index (κ2) is 8.41. The molecule has 0 unspecified atom stereocenters. The van der Waals surface area contributed by atoms with Crippen LogP contribution in [0.1, 0.15) is 58.5 Å². The van der Waals surface area contributed by atoms with Crippen LogP contribution >= 0.6 is 0 Å². The zero-order valence-corrected chi connectivity index (χ0v) is 20.3. The van der Waals surface area contributed by atoms with E-state index in [1.807, 2.05) is 16.7 Å². The molecule has 3 amide bonds. The molecule has 2 saturated heterocycles. The van der Waals surface area contributed by atoms with Gasteiger partial charge in [0.1, 0.15) is 17.3 Å². The van der Waals surface area contributed by atoms with E-state index >= 15 is 0 Å². The highest BCUT2D eigenvalue weighted by atomic mass is 16.2. The summed E-state index contributed by atoms with van der Waals surface area (Å²) in [4.78, 5) is 40.8. The van der Waals surface area contributed by atoms with Crippen molar-refractivity contribution in [3.63, 3.8) is 0 Å². The lowest BCUT2D eigenvalue weighted by molar-refractivity contribution is -0.135. The van der Waals surface area contributed by atoms with Gasteiger partial charge in [0.05, 0.1) is 6.54 Å². The van der Waals surface area contributed by atoms with Crippen LogP contribution in [-0.4, -0.2) is 73.4 Å². The summed E-state index contributed by atoms with van der Waals surface area (Å²) in [6, 6.07) is 3.68. The Bertz CT molecular complexity index is 1120. The SMILES string of the molecule is CCCN1CCC2(CC1)C(=O)N(Cc1cc3cnc(C#N)nc3n1CC(C)(C)C)C(=O)N2C. The zero-order chi connectivity index (χ0) is 24.0. The molecule has 2 aliphatic heterocycles. The average Bonchev–Trinajstić information content (AvgIpc) is 3.18. The number of carbonyl (C=O) groups excluding carboxylic acids is 2. The Morgan fingerprint density at radius 3 is 2.52 bits per heavy atom. The number of hydrogen-bond acceptors (Lipinski definition) is 6. The molecule has 2 fully saturated rings. The summed E-state index contributed by atoms with van der Waals surface area (Å²) in [6.45, 7) is 12.0. The Labute approximate surface area is 195 Å². The van der Waals surface area contributed by atoms with Crippen molar-refractivity contribution in [2.75, 3.05) is 26.7 Å². The number of carbonyl (C=O) groups is 2. The molecule has 0 atom stereocenters. The Morgan fingerprint density at radius 2 is 1.91 bits per heavy atom. The molecule has 0 saturated carbocycles. The molecule has 4 rings (SSSR count). The fraction of sp³-hybridized carbons (Fsp3) is 0.625. The van der Waals surface area contributed by atoms with Crippen molar-refractivity contribution in [3.05, 3.63) is 23.8 Å². The van der Waals surface area contributed by atoms with E-state index < -0.39 is 5.54 Å². The van der Waals surface area contributed by atoms with Gasteiger partial charge in [-0.2, -0.15) is 5.26 Å². The van der Waals surface area contributed by atoms with Gasteiger partial charge in [-0.05, 0) is 37.3 Å². The number of aromatic nitrogens is 3. The lowest BCUT2D eigenvalue weighted by Gasteiger charge is -2.40. The molecule has 9 nitrogen and oxygen atoms in total. The van der Waals surface area contributed by atoms with Crippen molar-refractivity contribution < 1.29 is 9.59 Å². The summed E-state index contributed by atoms with van der Waals surface area (Å²) in [5.74, 6) is -0.00401. The van der Waals surface area contributed by atoms with Gasteiger partial charge >= 0.3 is 6.03 Å². The van der Waals surface area contributed by atoms with E-state index in [9.17, 15) is 14.9 Å². The molecular weight excluding hydrogens is 418 g/mol. The van der Waals surface area contributed by atoms with Crippen molar-refractivity contribution in [2.45, 2.75) is 65.6 Å². The highest BCUT2D eigenvalue weighted by Crippen LogP contribution is 2.37. The van der Waals surface area contributed by atoms with Crippen LogP contribution < -0.4 is 0 Å². The Morgan fingerprint density at radius 1 is 1.21 bits per heavy atom. The number of nitrogens with zero attached hydrogens (tertiary/aromatic N) is 7. The van der Waals surface area contributed by atoms with Gasteiger partial charge in [-0.15, -0.1) is 0 Å². The molecule has 9 heteroatoms. The van der Waals surface area contributed by atoms with Crippen molar-refractivity contribution in [2.24, 2.45) is 5.41 Å². The molecule has 0 aromatic carbocycles. The molecule has 0 aliphatic carbocycles. The van der Waals surface area contributed by atoms with Gasteiger partial charge in [0, 0.05) is 44.0 Å². The molecule has 0 radical (unpaired) electrons. The third-order valence-corrected chi connectivity index (χ3v) is 6.80. The number of hydrogen-bond donors (Lipinski definition) is 0. The first kappa shape index (κ1) is 23.2. The summed E-state index contributed by atoms with van der Waals surface area (Å²) in [6.07, 6.45) is 4.03. The number of fused-ring (bicyclic) bond motifs is 1. The number of nitriles is 1. The van der Waals surface area contributed by atoms with E-state index in [4.69, 9.17) is 0 Å². The fourth-order valence-corrected chi connectivity index (χ4v) is 5.09. The van der Waals surface area contributed by atoms with E-state index in [-0.39, 0.29) is 29.7 Å². The van der Waals surface area contributed by atoms with E-state index in [1.165, 1.54) is 4.90 Å². The largest absolute Gasteiger partial charge is 0.327 e. The summed E-state index contributed by atoms with van der Waals surface area (Å²) < 4.78 is 2.02. The topological polar surface area (TPSA) is 98.4 Å². The maximum atomic E-state index is 13.6. The van der Waals surface area contributed by atoms with Gasteiger partial charge in [-0.3, -0.25) is 9.69 Å². The zero-order valence-electron chi connectivity index (χ0n) is 20.3. The quantitative estimate of drug-likeness (QED) is 0.648. The molecule has 2 aliphatic rings. The highest BCUT2D eigenvalue weighted by Gasteiger charge is 2.56. The Balaban J connectivity index is 1.67. The number of rotatable bonds is 5. The van der Waals surface area contributed by atoms with Crippen LogP contribution in [0.25, 0.3) is 11.0 Å². The average molecular weight is 452 g/mol. The minimum absolute atomic E-state index is 0.0679. The van der Waals surface area contributed by atoms with Gasteiger partial charge in [0.2, 0.25) is 5.82 Å².